The first-order chi connectivity index (χ1) is 8.65. The smallest absolute Gasteiger partial charge is 0.408 e. The van der Waals surface area contributed by atoms with Gasteiger partial charge in [0.1, 0.15) is 5.60 Å². The van der Waals surface area contributed by atoms with Crippen LogP contribution in [-0.4, -0.2) is 52.7 Å². The van der Waals surface area contributed by atoms with Gasteiger partial charge >= 0.3 is 12.1 Å². The molecule has 2 atom stereocenters. The maximum Gasteiger partial charge on any atom is 0.408 e. The second-order valence-electron chi connectivity index (χ2n) is 5.70. The third-order valence-corrected chi connectivity index (χ3v) is 2.81. The van der Waals surface area contributed by atoms with E-state index < -0.39 is 35.7 Å². The van der Waals surface area contributed by atoms with E-state index in [1.807, 2.05) is 0 Å². The van der Waals surface area contributed by atoms with Crippen LogP contribution in [0.2, 0.25) is 0 Å². The fourth-order valence-electron chi connectivity index (χ4n) is 1.89. The van der Waals surface area contributed by atoms with E-state index in [0.29, 0.717) is 13.0 Å². The number of nitrogens with one attached hydrogen (secondary N) is 1. The van der Waals surface area contributed by atoms with Gasteiger partial charge in [0.2, 0.25) is 0 Å². The van der Waals surface area contributed by atoms with E-state index in [9.17, 15) is 14.7 Å². The fourth-order valence-corrected chi connectivity index (χ4v) is 1.89. The van der Waals surface area contributed by atoms with E-state index in [4.69, 9.17) is 14.6 Å². The largest absolute Gasteiger partial charge is 0.481 e. The van der Waals surface area contributed by atoms with Gasteiger partial charge in [0, 0.05) is 6.61 Å². The molecular weight excluding hydrogens is 254 g/mol. The number of aliphatic carboxylic acids is 1. The van der Waals surface area contributed by atoms with Crippen LogP contribution >= 0.6 is 0 Å². The van der Waals surface area contributed by atoms with E-state index in [1.165, 1.54) is 0 Å². The summed E-state index contributed by atoms with van der Waals surface area (Å²) in [5, 5.41) is 21.3. The lowest BCUT2D eigenvalue weighted by Crippen LogP contribution is -2.58. The predicted molar refractivity (Wildman–Crippen MR) is 65.8 cm³/mol. The standard InChI is InChI=1S/C12H21NO6/c1-11(2,3)19-10(17)13-12(4-5-18-7-12)8(14)6-9(15)16/h8,14H,4-7H2,1-3H3,(H,13,17)(H,15,16)/t8-,12?/m1/s1. The van der Waals surface area contributed by atoms with Crippen LogP contribution in [0.15, 0.2) is 0 Å². The number of carboxylic acids is 1. The number of ether oxygens (including phenoxy) is 2. The molecular formula is C12H21NO6. The monoisotopic (exact) mass is 275 g/mol. The van der Waals surface area contributed by atoms with E-state index in [-0.39, 0.29) is 6.61 Å². The van der Waals surface area contributed by atoms with Crippen molar-refractivity contribution in [3.05, 3.63) is 0 Å². The maximum atomic E-state index is 11.8. The van der Waals surface area contributed by atoms with Crippen molar-refractivity contribution in [2.45, 2.75) is 50.9 Å². The van der Waals surface area contributed by atoms with Crippen LogP contribution in [0.3, 0.4) is 0 Å². The highest BCUT2D eigenvalue weighted by Gasteiger charge is 2.44. The zero-order chi connectivity index (χ0) is 14.7. The van der Waals surface area contributed by atoms with E-state index in [1.54, 1.807) is 20.8 Å². The molecule has 0 aliphatic carbocycles. The Bertz CT molecular complexity index is 343. The number of aliphatic hydroxyl groups excluding tert-OH is 1. The Morgan fingerprint density at radius 2 is 2.11 bits per heavy atom. The zero-order valence-electron chi connectivity index (χ0n) is 11.4. The fraction of sp³-hybridized carbons (Fsp3) is 0.833. The number of amides is 1. The van der Waals surface area contributed by atoms with Crippen LogP contribution in [-0.2, 0) is 14.3 Å². The van der Waals surface area contributed by atoms with Crippen molar-refractivity contribution in [2.24, 2.45) is 0 Å². The number of hydrogen-bond acceptors (Lipinski definition) is 5. The molecule has 1 heterocycles. The summed E-state index contributed by atoms with van der Waals surface area (Å²) < 4.78 is 10.3. The molecule has 1 aliphatic heterocycles. The lowest BCUT2D eigenvalue weighted by molar-refractivity contribution is -0.140. The Morgan fingerprint density at radius 3 is 2.53 bits per heavy atom. The molecule has 7 nitrogen and oxygen atoms in total. The van der Waals surface area contributed by atoms with E-state index in [0.717, 1.165) is 0 Å². The number of carboxylic acid groups (broad SMARTS) is 1. The van der Waals surface area contributed by atoms with E-state index >= 15 is 0 Å². The van der Waals surface area contributed by atoms with Gasteiger partial charge < -0.3 is 25.0 Å². The normalized spacial score (nSPS) is 24.8. The second-order valence-corrected chi connectivity index (χ2v) is 5.70. The summed E-state index contributed by atoms with van der Waals surface area (Å²) in [7, 11) is 0. The predicted octanol–water partition coefficient (Wildman–Crippen LogP) is 0.506. The van der Waals surface area contributed by atoms with Gasteiger partial charge in [-0.3, -0.25) is 4.79 Å². The van der Waals surface area contributed by atoms with Crippen LogP contribution < -0.4 is 5.32 Å². The molecule has 1 saturated heterocycles. The third-order valence-electron chi connectivity index (χ3n) is 2.81. The molecule has 0 aromatic rings. The van der Waals surface area contributed by atoms with Crippen molar-refractivity contribution in [3.8, 4) is 0 Å². The molecule has 0 aromatic heterocycles. The summed E-state index contributed by atoms with van der Waals surface area (Å²) in [5.74, 6) is -1.13. The topological polar surface area (TPSA) is 105 Å². The van der Waals surface area contributed by atoms with Gasteiger partial charge in [0.25, 0.3) is 0 Å². The van der Waals surface area contributed by atoms with Crippen LogP contribution in [0.4, 0.5) is 4.79 Å². The Kier molecular flexibility index (Phi) is 4.75. The molecule has 1 rings (SSSR count). The van der Waals surface area contributed by atoms with Gasteiger partial charge in [-0.25, -0.2) is 4.79 Å². The lowest BCUT2D eigenvalue weighted by Gasteiger charge is -2.33. The van der Waals surface area contributed by atoms with Gasteiger partial charge in [-0.15, -0.1) is 0 Å². The molecule has 0 radical (unpaired) electrons. The van der Waals surface area contributed by atoms with Crippen LogP contribution in [0.25, 0.3) is 0 Å². The van der Waals surface area contributed by atoms with E-state index in [2.05, 4.69) is 5.32 Å². The molecule has 19 heavy (non-hydrogen) atoms. The molecule has 7 heteroatoms. The van der Waals surface area contributed by atoms with Crippen LogP contribution in [0.1, 0.15) is 33.6 Å². The van der Waals surface area contributed by atoms with Crippen molar-refractivity contribution in [1.29, 1.82) is 0 Å². The van der Waals surface area contributed by atoms with Gasteiger partial charge in [-0.05, 0) is 27.2 Å². The second kappa shape index (κ2) is 5.75. The molecule has 1 amide bonds. The van der Waals surface area contributed by atoms with Crippen molar-refractivity contribution < 1.29 is 29.3 Å². The van der Waals surface area contributed by atoms with Gasteiger partial charge in [0.05, 0.1) is 24.7 Å². The minimum atomic E-state index is -1.22. The number of carbonyl (C=O) groups is 2. The quantitative estimate of drug-likeness (QED) is 0.690. The highest BCUT2D eigenvalue weighted by atomic mass is 16.6. The molecule has 0 saturated carbocycles. The number of alkyl carbamates (subject to hydrolysis) is 1. The van der Waals surface area contributed by atoms with Crippen molar-refractivity contribution in [3.63, 3.8) is 0 Å². The first-order valence-electron chi connectivity index (χ1n) is 6.13. The van der Waals surface area contributed by atoms with Crippen molar-refractivity contribution in [2.75, 3.05) is 13.2 Å². The first kappa shape index (κ1) is 15.7. The number of carbonyl (C=O) groups excluding carboxylic acids is 1. The SMILES string of the molecule is CC(C)(C)OC(=O)NC1([C@H](O)CC(=O)O)CCOC1. The molecule has 110 valence electrons. The molecule has 1 aliphatic rings. The molecule has 3 N–H and O–H groups in total. The Labute approximate surface area is 111 Å². The van der Waals surface area contributed by atoms with Gasteiger partial charge in [0.15, 0.2) is 0 Å². The summed E-state index contributed by atoms with van der Waals surface area (Å²) in [6.07, 6.45) is -2.03. The zero-order valence-corrected chi connectivity index (χ0v) is 11.4. The average Bonchev–Trinajstić information content (AvgIpc) is 2.63. The number of rotatable bonds is 4. The number of hydrogen-bond donors (Lipinski definition) is 3. The molecule has 0 spiro atoms. The summed E-state index contributed by atoms with van der Waals surface area (Å²) in [6, 6.07) is 0. The first-order valence-corrected chi connectivity index (χ1v) is 6.13. The summed E-state index contributed by atoms with van der Waals surface area (Å²) in [6.45, 7) is 5.58. The van der Waals surface area contributed by atoms with Crippen LogP contribution in [0, 0.1) is 0 Å². The average molecular weight is 275 g/mol. The van der Waals surface area contributed by atoms with Gasteiger partial charge in [-0.2, -0.15) is 0 Å². The number of aliphatic hydroxyl groups is 1. The van der Waals surface area contributed by atoms with Crippen molar-refractivity contribution >= 4 is 12.1 Å². The third kappa shape index (κ3) is 4.68. The Balaban J connectivity index is 2.71. The molecule has 0 aromatic carbocycles. The highest BCUT2D eigenvalue weighted by Crippen LogP contribution is 2.25. The lowest BCUT2D eigenvalue weighted by atomic mass is 9.89. The summed E-state index contributed by atoms with van der Waals surface area (Å²) >= 11 is 0. The van der Waals surface area contributed by atoms with Crippen molar-refractivity contribution in [1.82, 2.24) is 5.32 Å². The Hall–Kier alpha value is -1.34. The summed E-state index contributed by atoms with van der Waals surface area (Å²) in [5.41, 5.74) is -1.76. The minimum Gasteiger partial charge on any atom is -0.481 e. The molecule has 0 bridgehead atoms. The summed E-state index contributed by atoms with van der Waals surface area (Å²) in [4.78, 5) is 22.4. The molecule has 1 fully saturated rings. The maximum absolute atomic E-state index is 11.8. The Morgan fingerprint density at radius 1 is 1.47 bits per heavy atom. The minimum absolute atomic E-state index is 0.0701. The molecule has 1 unspecified atom stereocenters. The highest BCUT2D eigenvalue weighted by molar-refractivity contribution is 5.70. The van der Waals surface area contributed by atoms with Gasteiger partial charge in [-0.1, -0.05) is 0 Å². The van der Waals surface area contributed by atoms with Crippen LogP contribution in [0.5, 0.6) is 0 Å².